The Morgan fingerprint density at radius 2 is 1.82 bits per heavy atom. The molecule has 3 rings (SSSR count). The van der Waals surface area contributed by atoms with Gasteiger partial charge in [0.2, 0.25) is 0 Å². The first-order valence-corrected chi connectivity index (χ1v) is 9.11. The number of rotatable bonds is 7. The van der Waals surface area contributed by atoms with Crippen LogP contribution in [0.1, 0.15) is 23.6 Å². The summed E-state index contributed by atoms with van der Waals surface area (Å²) in [5.41, 5.74) is 0.589. The fraction of sp³-hybridized carbons (Fsp3) is 0.150. The maximum atomic E-state index is 13.9. The van der Waals surface area contributed by atoms with Gasteiger partial charge in [-0.05, 0) is 30.3 Å². The average molecular weight is 405 g/mol. The van der Waals surface area contributed by atoms with Crippen LogP contribution in [0.15, 0.2) is 47.8 Å². The molecule has 0 spiro atoms. The Kier molecular flexibility index (Phi) is 5.89. The highest BCUT2D eigenvalue weighted by Crippen LogP contribution is 2.27. The number of carbonyl (C=O) groups is 2. The first-order chi connectivity index (χ1) is 13.3. The van der Waals surface area contributed by atoms with Gasteiger partial charge >= 0.3 is 5.97 Å². The zero-order chi connectivity index (χ0) is 20.3. The second kappa shape index (κ2) is 8.35. The second-order valence-electron chi connectivity index (χ2n) is 6.13. The molecule has 1 aromatic heterocycles. The molecule has 0 saturated carbocycles. The number of hydrogen-bond donors (Lipinski definition) is 1. The van der Waals surface area contributed by atoms with Crippen LogP contribution in [0.2, 0.25) is 0 Å². The number of Topliss-reactive ketones (excluding diaryl/α,β-unsaturated/α-hetero) is 1. The van der Waals surface area contributed by atoms with Crippen LogP contribution in [0.4, 0.5) is 13.2 Å². The largest absolute Gasteiger partial charge is 0.481 e. The van der Waals surface area contributed by atoms with Crippen LogP contribution in [0.3, 0.4) is 0 Å². The molecule has 1 heterocycles. The molecule has 0 saturated heterocycles. The Balaban J connectivity index is 1.74. The molecule has 0 aliphatic carbocycles. The summed E-state index contributed by atoms with van der Waals surface area (Å²) in [7, 11) is 0. The zero-order valence-electron chi connectivity index (χ0n) is 14.4. The number of carboxylic acids is 1. The number of carboxylic acid groups (broad SMARTS) is 1. The standard InChI is InChI=1S/C20H14F3NO3S/c21-12-3-1-2-11(6-12)19-24-14(10-28-19)8-15(25)9-17(20(26)27)16-7-13(22)4-5-18(16)23/h1-7,10,17H,8-9H2,(H,26,27). The lowest BCUT2D eigenvalue weighted by molar-refractivity contribution is -0.140. The molecule has 0 amide bonds. The number of carbonyl (C=O) groups excluding carboxylic acids is 1. The second-order valence-corrected chi connectivity index (χ2v) is 6.99. The molecule has 28 heavy (non-hydrogen) atoms. The van der Waals surface area contributed by atoms with E-state index in [1.807, 2.05) is 0 Å². The van der Waals surface area contributed by atoms with Crippen LogP contribution in [0.5, 0.6) is 0 Å². The van der Waals surface area contributed by atoms with Gasteiger partial charge in [0, 0.05) is 29.3 Å². The summed E-state index contributed by atoms with van der Waals surface area (Å²) in [5, 5.41) is 11.5. The van der Waals surface area contributed by atoms with E-state index in [9.17, 15) is 27.9 Å². The third-order valence-corrected chi connectivity index (χ3v) is 5.01. The van der Waals surface area contributed by atoms with Crippen LogP contribution < -0.4 is 0 Å². The van der Waals surface area contributed by atoms with Crippen molar-refractivity contribution in [3.05, 3.63) is 76.6 Å². The molecule has 144 valence electrons. The van der Waals surface area contributed by atoms with Gasteiger partial charge in [-0.1, -0.05) is 12.1 Å². The minimum atomic E-state index is -1.50. The number of thiazole rings is 1. The molecule has 3 aromatic rings. The van der Waals surface area contributed by atoms with Gasteiger partial charge < -0.3 is 5.11 Å². The van der Waals surface area contributed by atoms with Crippen molar-refractivity contribution in [2.75, 3.05) is 0 Å². The highest BCUT2D eigenvalue weighted by Gasteiger charge is 2.27. The lowest BCUT2D eigenvalue weighted by Crippen LogP contribution is -2.19. The summed E-state index contributed by atoms with van der Waals surface area (Å²) < 4.78 is 40.6. The van der Waals surface area contributed by atoms with Gasteiger partial charge in [-0.3, -0.25) is 9.59 Å². The van der Waals surface area contributed by atoms with E-state index in [4.69, 9.17) is 0 Å². The minimum absolute atomic E-state index is 0.160. The van der Waals surface area contributed by atoms with Gasteiger partial charge in [0.25, 0.3) is 0 Å². The third kappa shape index (κ3) is 4.64. The predicted octanol–water partition coefficient (Wildman–Crippen LogP) is 4.60. The molecule has 1 atom stereocenters. The Morgan fingerprint density at radius 3 is 2.54 bits per heavy atom. The average Bonchev–Trinajstić information content (AvgIpc) is 3.10. The van der Waals surface area contributed by atoms with E-state index in [2.05, 4.69) is 4.98 Å². The Labute approximate surface area is 162 Å². The maximum Gasteiger partial charge on any atom is 0.311 e. The van der Waals surface area contributed by atoms with Gasteiger partial charge in [0.1, 0.15) is 28.2 Å². The molecule has 0 radical (unpaired) electrons. The molecule has 0 fully saturated rings. The van der Waals surface area contributed by atoms with Crippen molar-refractivity contribution in [1.29, 1.82) is 0 Å². The molecule has 0 aliphatic rings. The Morgan fingerprint density at radius 1 is 1.07 bits per heavy atom. The van der Waals surface area contributed by atoms with Crippen LogP contribution >= 0.6 is 11.3 Å². The van der Waals surface area contributed by atoms with Gasteiger partial charge in [-0.15, -0.1) is 11.3 Å². The van der Waals surface area contributed by atoms with Crippen molar-refractivity contribution in [3.8, 4) is 10.6 Å². The van der Waals surface area contributed by atoms with Crippen LogP contribution in [-0.4, -0.2) is 21.8 Å². The lowest BCUT2D eigenvalue weighted by atomic mass is 9.92. The number of benzene rings is 2. The summed E-state index contributed by atoms with van der Waals surface area (Å²) in [4.78, 5) is 28.1. The van der Waals surface area contributed by atoms with E-state index in [-0.39, 0.29) is 12.0 Å². The van der Waals surface area contributed by atoms with Crippen LogP contribution in [-0.2, 0) is 16.0 Å². The molecule has 4 nitrogen and oxygen atoms in total. The molecule has 1 unspecified atom stereocenters. The van der Waals surface area contributed by atoms with Crippen molar-refractivity contribution in [2.24, 2.45) is 0 Å². The number of aromatic nitrogens is 1. The smallest absolute Gasteiger partial charge is 0.311 e. The SMILES string of the molecule is O=C(Cc1csc(-c2cccc(F)c2)n1)CC(C(=O)O)c1cc(F)ccc1F. The summed E-state index contributed by atoms with van der Waals surface area (Å²) in [6, 6.07) is 8.34. The van der Waals surface area contributed by atoms with Crippen LogP contribution in [0, 0.1) is 17.5 Å². The molecule has 1 N–H and O–H groups in total. The summed E-state index contributed by atoms with van der Waals surface area (Å²) in [6.45, 7) is 0. The zero-order valence-corrected chi connectivity index (χ0v) is 15.2. The first kappa shape index (κ1) is 19.8. The normalized spacial score (nSPS) is 12.0. The Hall–Kier alpha value is -3.00. The van der Waals surface area contributed by atoms with E-state index >= 15 is 0 Å². The molecular weight excluding hydrogens is 391 g/mol. The topological polar surface area (TPSA) is 67.3 Å². The predicted molar refractivity (Wildman–Crippen MR) is 97.6 cm³/mol. The van der Waals surface area contributed by atoms with E-state index in [0.29, 0.717) is 16.3 Å². The van der Waals surface area contributed by atoms with Crippen molar-refractivity contribution in [3.63, 3.8) is 0 Å². The number of ketones is 1. The first-order valence-electron chi connectivity index (χ1n) is 8.23. The summed E-state index contributed by atoms with van der Waals surface area (Å²) in [5.74, 6) is -5.47. The molecule has 0 bridgehead atoms. The third-order valence-electron chi connectivity index (χ3n) is 4.06. The van der Waals surface area contributed by atoms with E-state index in [1.165, 1.54) is 23.5 Å². The number of hydrogen-bond acceptors (Lipinski definition) is 4. The van der Waals surface area contributed by atoms with Crippen LogP contribution in [0.25, 0.3) is 10.6 Å². The molecular formula is C20H14F3NO3S. The highest BCUT2D eigenvalue weighted by molar-refractivity contribution is 7.13. The molecule has 8 heteroatoms. The van der Waals surface area contributed by atoms with Gasteiger partial charge in [0.15, 0.2) is 0 Å². The monoisotopic (exact) mass is 405 g/mol. The van der Waals surface area contributed by atoms with E-state index in [0.717, 1.165) is 18.2 Å². The summed E-state index contributed by atoms with van der Waals surface area (Å²) >= 11 is 1.22. The van der Waals surface area contributed by atoms with Gasteiger partial charge in [-0.2, -0.15) is 0 Å². The Bertz CT molecular complexity index is 1040. The lowest BCUT2D eigenvalue weighted by Gasteiger charge is -2.13. The molecule has 0 aliphatic heterocycles. The fourth-order valence-corrected chi connectivity index (χ4v) is 3.57. The number of aliphatic carboxylic acids is 1. The number of nitrogens with zero attached hydrogens (tertiary/aromatic N) is 1. The van der Waals surface area contributed by atoms with Crippen molar-refractivity contribution in [2.45, 2.75) is 18.8 Å². The highest BCUT2D eigenvalue weighted by atomic mass is 32.1. The maximum absolute atomic E-state index is 13.9. The van der Waals surface area contributed by atoms with Crippen molar-refractivity contribution >= 4 is 23.1 Å². The van der Waals surface area contributed by atoms with Crippen molar-refractivity contribution < 1.29 is 27.9 Å². The number of halogens is 3. The quantitative estimate of drug-likeness (QED) is 0.624. The van der Waals surface area contributed by atoms with Crippen molar-refractivity contribution in [1.82, 2.24) is 4.98 Å². The van der Waals surface area contributed by atoms with Gasteiger partial charge in [0.05, 0.1) is 11.6 Å². The summed E-state index contributed by atoms with van der Waals surface area (Å²) in [6.07, 6.45) is -0.658. The van der Waals surface area contributed by atoms with E-state index in [1.54, 1.807) is 17.5 Å². The minimum Gasteiger partial charge on any atom is -0.481 e. The fourth-order valence-electron chi connectivity index (χ4n) is 2.76. The van der Waals surface area contributed by atoms with E-state index < -0.39 is 41.5 Å². The molecule has 2 aromatic carbocycles. The van der Waals surface area contributed by atoms with Gasteiger partial charge in [-0.25, -0.2) is 18.2 Å².